The van der Waals surface area contributed by atoms with Crippen molar-refractivity contribution in [1.29, 1.82) is 5.26 Å². The number of nitrogens with one attached hydrogen (secondary N) is 1. The van der Waals surface area contributed by atoms with Gasteiger partial charge in [0, 0.05) is 10.7 Å². The van der Waals surface area contributed by atoms with Crippen LogP contribution in [0.4, 0.5) is 5.69 Å². The van der Waals surface area contributed by atoms with Crippen molar-refractivity contribution in [3.8, 4) is 6.07 Å². The molecule has 37 heavy (non-hydrogen) atoms. The smallest absolute Gasteiger partial charge is 0.265 e. The number of hydrogen-bond acceptors (Lipinski definition) is 4. The lowest BCUT2D eigenvalue weighted by Crippen LogP contribution is -2.32. The van der Waals surface area contributed by atoms with Crippen LogP contribution in [-0.4, -0.2) is 17.1 Å². The molecule has 0 aliphatic carbocycles. The van der Waals surface area contributed by atoms with Crippen molar-refractivity contribution in [3.63, 3.8) is 0 Å². The fourth-order valence-corrected chi connectivity index (χ4v) is 5.72. The van der Waals surface area contributed by atoms with E-state index in [4.69, 9.17) is 11.6 Å². The normalized spacial score (nSPS) is 17.5. The van der Waals surface area contributed by atoms with Gasteiger partial charge >= 0.3 is 0 Å². The van der Waals surface area contributed by atoms with E-state index in [0.29, 0.717) is 28.1 Å². The summed E-state index contributed by atoms with van der Waals surface area (Å²) in [5.74, 6) is -0.349. The first-order valence-corrected chi connectivity index (χ1v) is 13.4. The van der Waals surface area contributed by atoms with E-state index in [-0.39, 0.29) is 17.5 Å². The average Bonchev–Trinajstić information content (AvgIpc) is 3.20. The third-order valence-electron chi connectivity index (χ3n) is 6.28. The number of carbonyl (C=O) groups is 2. The molecular formula is C30H28ClN3O2S. The van der Waals surface area contributed by atoms with Gasteiger partial charge in [0.05, 0.1) is 11.3 Å². The van der Waals surface area contributed by atoms with Crippen molar-refractivity contribution in [2.45, 2.75) is 44.4 Å². The van der Waals surface area contributed by atoms with Crippen LogP contribution in [0.3, 0.4) is 0 Å². The van der Waals surface area contributed by atoms with Crippen LogP contribution in [0.25, 0.3) is 0 Å². The van der Waals surface area contributed by atoms with Gasteiger partial charge in [0.25, 0.3) is 5.91 Å². The van der Waals surface area contributed by atoms with Crippen LogP contribution in [0.2, 0.25) is 5.02 Å². The lowest BCUT2D eigenvalue weighted by Gasteiger charge is -2.20. The third-order valence-corrected chi connectivity index (χ3v) is 7.78. The molecule has 0 radical (unpaired) electrons. The maximum Gasteiger partial charge on any atom is 0.265 e. The lowest BCUT2D eigenvalue weighted by molar-refractivity contribution is -0.117. The fraction of sp³-hybridized carbons (Fsp3) is 0.233. The van der Waals surface area contributed by atoms with Gasteiger partial charge in [0.2, 0.25) is 5.91 Å². The molecular weight excluding hydrogens is 502 g/mol. The van der Waals surface area contributed by atoms with Crippen LogP contribution in [0.5, 0.6) is 0 Å². The van der Waals surface area contributed by atoms with Gasteiger partial charge in [-0.05, 0) is 60.2 Å². The van der Waals surface area contributed by atoms with Gasteiger partial charge in [0.1, 0.15) is 16.7 Å². The highest BCUT2D eigenvalue weighted by Gasteiger charge is 2.41. The minimum atomic E-state index is -0.513. The summed E-state index contributed by atoms with van der Waals surface area (Å²) in [7, 11) is 0. The second-order valence-corrected chi connectivity index (χ2v) is 10.9. The molecule has 3 aromatic carbocycles. The van der Waals surface area contributed by atoms with Crippen molar-refractivity contribution in [1.82, 2.24) is 5.32 Å². The second kappa shape index (κ2) is 11.7. The Bertz CT molecular complexity index is 1360. The summed E-state index contributed by atoms with van der Waals surface area (Å²) >= 11 is 7.41. The largest absolute Gasteiger partial charge is 0.345 e. The summed E-state index contributed by atoms with van der Waals surface area (Å²) in [5, 5.41) is 13.4. The lowest BCUT2D eigenvalue weighted by atomic mass is 10.0. The maximum absolute atomic E-state index is 13.7. The molecule has 2 unspecified atom stereocenters. The molecule has 1 saturated heterocycles. The topological polar surface area (TPSA) is 73.2 Å². The number of carbonyl (C=O) groups excluding carboxylic acids is 2. The molecule has 1 heterocycles. The average molecular weight is 530 g/mol. The molecule has 1 aliphatic heterocycles. The first-order chi connectivity index (χ1) is 17.8. The quantitative estimate of drug-likeness (QED) is 0.271. The minimum absolute atomic E-state index is 0.0809. The molecule has 188 valence electrons. The Morgan fingerprint density at radius 3 is 2.35 bits per heavy atom. The van der Waals surface area contributed by atoms with E-state index in [2.05, 4.69) is 25.2 Å². The molecule has 3 aromatic rings. The van der Waals surface area contributed by atoms with Crippen molar-refractivity contribution < 1.29 is 9.59 Å². The van der Waals surface area contributed by atoms with Gasteiger partial charge in [0.15, 0.2) is 0 Å². The van der Waals surface area contributed by atoms with Gasteiger partial charge in [-0.2, -0.15) is 5.26 Å². The standard InChI is InChI=1S/C30H28ClN3O2S/c1-19(2)22-12-14-25(15-13-22)34-29(36)27(17-21-8-7-11-24(31)16-21)37-30(34)26(18-32)28(35)33-20(3)23-9-5-4-6-10-23/h4-16,19-20,27H,17H2,1-3H3,(H,33,35)/b30-26-. The van der Waals surface area contributed by atoms with E-state index >= 15 is 0 Å². The van der Waals surface area contributed by atoms with E-state index in [1.165, 1.54) is 16.7 Å². The van der Waals surface area contributed by atoms with Crippen molar-refractivity contribution in [2.75, 3.05) is 4.90 Å². The number of hydrogen-bond donors (Lipinski definition) is 1. The Labute approximate surface area is 227 Å². The number of anilines is 1. The Kier molecular flexibility index (Phi) is 8.38. The summed E-state index contributed by atoms with van der Waals surface area (Å²) in [6.07, 6.45) is 0.425. The van der Waals surface area contributed by atoms with Crippen LogP contribution >= 0.6 is 23.4 Å². The zero-order chi connectivity index (χ0) is 26.5. The van der Waals surface area contributed by atoms with Crippen molar-refractivity contribution >= 4 is 40.9 Å². The van der Waals surface area contributed by atoms with Crippen molar-refractivity contribution in [3.05, 3.63) is 111 Å². The zero-order valence-corrected chi connectivity index (χ0v) is 22.5. The number of benzene rings is 3. The Morgan fingerprint density at radius 2 is 1.73 bits per heavy atom. The van der Waals surface area contributed by atoms with Crippen LogP contribution in [0.15, 0.2) is 89.5 Å². The monoisotopic (exact) mass is 529 g/mol. The number of nitriles is 1. The van der Waals surface area contributed by atoms with Crippen LogP contribution in [0, 0.1) is 11.3 Å². The fourth-order valence-electron chi connectivity index (χ4n) is 4.20. The van der Waals surface area contributed by atoms with E-state index < -0.39 is 11.2 Å². The predicted octanol–water partition coefficient (Wildman–Crippen LogP) is 6.77. The van der Waals surface area contributed by atoms with E-state index in [9.17, 15) is 14.9 Å². The SMILES string of the molecule is CC(C)c1ccc(N2C(=O)C(Cc3cccc(Cl)c3)S/C2=C(/C#N)C(=O)NC(C)c2ccccc2)cc1. The summed E-state index contributed by atoms with van der Waals surface area (Å²) in [5.41, 5.74) is 3.52. The molecule has 0 bridgehead atoms. The summed E-state index contributed by atoms with van der Waals surface area (Å²) in [4.78, 5) is 28.5. The highest BCUT2D eigenvalue weighted by Crippen LogP contribution is 2.42. The third kappa shape index (κ3) is 6.07. The second-order valence-electron chi connectivity index (χ2n) is 9.26. The Balaban J connectivity index is 1.71. The molecule has 7 heteroatoms. The molecule has 1 aliphatic rings. The summed E-state index contributed by atoms with van der Waals surface area (Å²) < 4.78 is 0. The number of rotatable bonds is 7. The van der Waals surface area contributed by atoms with Crippen LogP contribution in [-0.2, 0) is 16.0 Å². The molecule has 2 atom stereocenters. The molecule has 0 aromatic heterocycles. The molecule has 0 saturated carbocycles. The molecule has 0 spiro atoms. The van der Waals surface area contributed by atoms with E-state index in [1.807, 2.05) is 79.7 Å². The van der Waals surface area contributed by atoms with Gasteiger partial charge in [-0.15, -0.1) is 0 Å². The van der Waals surface area contributed by atoms with Crippen molar-refractivity contribution in [2.24, 2.45) is 0 Å². The number of halogens is 1. The predicted molar refractivity (Wildman–Crippen MR) is 150 cm³/mol. The molecule has 5 nitrogen and oxygen atoms in total. The first kappa shape index (κ1) is 26.5. The number of nitrogens with zero attached hydrogens (tertiary/aromatic N) is 2. The Morgan fingerprint density at radius 1 is 1.03 bits per heavy atom. The van der Waals surface area contributed by atoms with Gasteiger partial charge in [-0.25, -0.2) is 0 Å². The molecule has 2 amide bonds. The molecule has 1 N–H and O–H groups in total. The van der Waals surface area contributed by atoms with Crippen LogP contribution in [0.1, 0.15) is 49.4 Å². The molecule has 1 fully saturated rings. The highest BCUT2D eigenvalue weighted by molar-refractivity contribution is 8.05. The van der Waals surface area contributed by atoms with Gasteiger partial charge in [-0.1, -0.05) is 91.8 Å². The summed E-state index contributed by atoms with van der Waals surface area (Å²) in [6, 6.07) is 26.4. The Hall–Kier alpha value is -3.53. The molecule has 4 rings (SSSR count). The van der Waals surface area contributed by atoms with Gasteiger partial charge in [-0.3, -0.25) is 14.5 Å². The highest BCUT2D eigenvalue weighted by atomic mass is 35.5. The summed E-state index contributed by atoms with van der Waals surface area (Å²) in [6.45, 7) is 6.07. The van der Waals surface area contributed by atoms with Crippen LogP contribution < -0.4 is 10.2 Å². The maximum atomic E-state index is 13.7. The minimum Gasteiger partial charge on any atom is -0.345 e. The zero-order valence-electron chi connectivity index (χ0n) is 20.9. The van der Waals surface area contributed by atoms with Gasteiger partial charge < -0.3 is 5.32 Å². The number of amides is 2. The first-order valence-electron chi connectivity index (χ1n) is 12.1. The van der Waals surface area contributed by atoms with E-state index in [1.54, 1.807) is 6.07 Å². The van der Waals surface area contributed by atoms with E-state index in [0.717, 1.165) is 16.7 Å². The number of thioether (sulfide) groups is 1.